The summed E-state index contributed by atoms with van der Waals surface area (Å²) in [6.07, 6.45) is -3.19. The van der Waals surface area contributed by atoms with Gasteiger partial charge in [-0.25, -0.2) is 0 Å². The molecule has 1 aliphatic rings. The maximum absolute atomic E-state index is 12.4. The maximum Gasteiger partial charge on any atom is 0.186 e. The van der Waals surface area contributed by atoms with Crippen LogP contribution in [-0.4, -0.2) is 49.0 Å². The molecule has 0 bridgehead atoms. The molecule has 1 heterocycles. The third kappa shape index (κ3) is 7.24. The smallest absolute Gasteiger partial charge is 0.186 e. The second-order valence-corrected chi connectivity index (χ2v) is 12.0. The number of hydrogen-bond donors (Lipinski definition) is 1. The molecular weight excluding hydrogens is 588 g/mol. The second-order valence-electron chi connectivity index (χ2n) is 12.0. The Morgan fingerprint density at radius 2 is 1.02 bits per heavy atom. The second kappa shape index (κ2) is 15.2. The molecule has 6 heteroatoms. The van der Waals surface area contributed by atoms with Crippen LogP contribution in [0.4, 0.5) is 0 Å². The monoisotopic (exact) mass is 630 g/mol. The topological polar surface area (TPSA) is 66.4 Å². The molecule has 1 aliphatic heterocycles. The Balaban J connectivity index is 1.35. The third-order valence-electron chi connectivity index (χ3n) is 8.88. The molecule has 0 spiro atoms. The van der Waals surface area contributed by atoms with Crippen LogP contribution < -0.4 is 0 Å². The first-order valence-electron chi connectivity index (χ1n) is 16.0. The van der Waals surface area contributed by atoms with E-state index < -0.39 is 35.8 Å². The van der Waals surface area contributed by atoms with Crippen molar-refractivity contribution in [2.75, 3.05) is 13.7 Å². The summed E-state index contributed by atoms with van der Waals surface area (Å²) < 4.78 is 32.5. The lowest BCUT2D eigenvalue weighted by Gasteiger charge is -2.50. The molecule has 242 valence electrons. The minimum absolute atomic E-state index is 0.0299. The Morgan fingerprint density at radius 1 is 0.617 bits per heavy atom. The van der Waals surface area contributed by atoms with Gasteiger partial charge in [-0.15, -0.1) is 0 Å². The number of hydrogen-bond acceptors (Lipinski definition) is 6. The van der Waals surface area contributed by atoms with Gasteiger partial charge in [-0.3, -0.25) is 0 Å². The van der Waals surface area contributed by atoms with E-state index in [4.69, 9.17) is 23.7 Å². The molecule has 0 radical (unpaired) electrons. The van der Waals surface area contributed by atoms with Crippen molar-refractivity contribution in [2.45, 2.75) is 55.9 Å². The number of benzene rings is 5. The summed E-state index contributed by atoms with van der Waals surface area (Å²) in [6.45, 7) is 2.34. The fourth-order valence-corrected chi connectivity index (χ4v) is 6.36. The standard InChI is InChI=1S/C41H42O6/c1-40(42)36(30-46-41(33-22-12-5-13-23-33,34-24-14-6-15-25-34)35-26-16-7-17-27-35)47-39(43-2)37(44-28-31-18-8-3-9-19-31)38(40)45-29-32-20-10-4-11-21-32/h3-27,36-39,42H,28-30H2,1-2H3/t36-,37-,38-,39+,40-/m1/s1. The van der Waals surface area contributed by atoms with Crippen LogP contribution >= 0.6 is 0 Å². The predicted molar refractivity (Wildman–Crippen MR) is 181 cm³/mol. The van der Waals surface area contributed by atoms with E-state index in [9.17, 15) is 5.11 Å². The van der Waals surface area contributed by atoms with Gasteiger partial charge in [0.25, 0.3) is 0 Å². The number of aliphatic hydroxyl groups is 1. The molecule has 0 saturated carbocycles. The van der Waals surface area contributed by atoms with Crippen molar-refractivity contribution in [2.24, 2.45) is 0 Å². The highest BCUT2D eigenvalue weighted by Crippen LogP contribution is 2.42. The Kier molecular flexibility index (Phi) is 10.6. The van der Waals surface area contributed by atoms with Gasteiger partial charge in [0.05, 0.1) is 19.8 Å². The molecule has 5 atom stereocenters. The first kappa shape index (κ1) is 32.8. The molecular formula is C41H42O6. The lowest BCUT2D eigenvalue weighted by molar-refractivity contribution is -0.343. The quantitative estimate of drug-likeness (QED) is 0.138. The van der Waals surface area contributed by atoms with Gasteiger partial charge < -0.3 is 28.8 Å². The first-order valence-corrected chi connectivity index (χ1v) is 16.0. The third-order valence-corrected chi connectivity index (χ3v) is 8.88. The largest absolute Gasteiger partial charge is 0.385 e. The van der Waals surface area contributed by atoms with Crippen molar-refractivity contribution in [1.29, 1.82) is 0 Å². The van der Waals surface area contributed by atoms with E-state index >= 15 is 0 Å². The zero-order valence-electron chi connectivity index (χ0n) is 26.9. The van der Waals surface area contributed by atoms with Gasteiger partial charge in [0.15, 0.2) is 6.29 Å². The molecule has 6 rings (SSSR count). The fourth-order valence-electron chi connectivity index (χ4n) is 6.36. The predicted octanol–water partition coefficient (Wildman–Crippen LogP) is 7.29. The Labute approximate surface area is 277 Å². The van der Waals surface area contributed by atoms with Gasteiger partial charge in [-0.2, -0.15) is 0 Å². The van der Waals surface area contributed by atoms with Crippen molar-refractivity contribution in [3.63, 3.8) is 0 Å². The molecule has 1 N–H and O–H groups in total. The molecule has 0 aliphatic carbocycles. The van der Waals surface area contributed by atoms with Crippen LogP contribution in [0.15, 0.2) is 152 Å². The van der Waals surface area contributed by atoms with E-state index in [1.54, 1.807) is 14.0 Å². The molecule has 5 aromatic rings. The summed E-state index contributed by atoms with van der Waals surface area (Å²) in [5.74, 6) is 0. The average molecular weight is 631 g/mol. The molecule has 5 aromatic carbocycles. The zero-order valence-corrected chi connectivity index (χ0v) is 26.9. The van der Waals surface area contributed by atoms with Crippen LogP contribution in [0.1, 0.15) is 34.7 Å². The van der Waals surface area contributed by atoms with Gasteiger partial charge >= 0.3 is 0 Å². The van der Waals surface area contributed by atoms with Gasteiger partial charge in [-0.05, 0) is 34.7 Å². The molecule has 1 saturated heterocycles. The highest BCUT2D eigenvalue weighted by Gasteiger charge is 2.55. The van der Waals surface area contributed by atoms with Crippen molar-refractivity contribution in [3.05, 3.63) is 179 Å². The van der Waals surface area contributed by atoms with Crippen molar-refractivity contribution in [3.8, 4) is 0 Å². The Bertz CT molecular complexity index is 1530. The normalized spacial score (nSPS) is 23.0. The van der Waals surface area contributed by atoms with E-state index in [0.717, 1.165) is 27.8 Å². The van der Waals surface area contributed by atoms with E-state index in [2.05, 4.69) is 36.4 Å². The summed E-state index contributed by atoms with van der Waals surface area (Å²) in [5.41, 5.74) is 2.32. The van der Waals surface area contributed by atoms with E-state index in [1.165, 1.54) is 0 Å². The Morgan fingerprint density at radius 3 is 1.45 bits per heavy atom. The molecule has 0 amide bonds. The zero-order chi connectivity index (χ0) is 32.5. The highest BCUT2D eigenvalue weighted by molar-refractivity contribution is 5.47. The summed E-state index contributed by atoms with van der Waals surface area (Å²) in [5, 5.41) is 12.4. The number of ether oxygens (including phenoxy) is 5. The van der Waals surface area contributed by atoms with E-state index in [0.29, 0.717) is 6.61 Å². The SMILES string of the molecule is CO[C@H]1O[C@H](COC(c2ccccc2)(c2ccccc2)c2ccccc2)[C@@](C)(O)[C@H](OCc2ccccc2)[C@H]1OCc1ccccc1. The summed E-state index contributed by atoms with van der Waals surface area (Å²) >= 11 is 0. The average Bonchev–Trinajstić information content (AvgIpc) is 3.13. The van der Waals surface area contributed by atoms with Gasteiger partial charge in [-0.1, -0.05) is 152 Å². The van der Waals surface area contributed by atoms with Crippen LogP contribution in [0.2, 0.25) is 0 Å². The minimum Gasteiger partial charge on any atom is -0.385 e. The van der Waals surface area contributed by atoms with Crippen LogP contribution in [0.3, 0.4) is 0 Å². The van der Waals surface area contributed by atoms with Crippen molar-refractivity contribution < 1.29 is 28.8 Å². The maximum atomic E-state index is 12.4. The highest BCUT2D eigenvalue weighted by atomic mass is 16.7. The molecule has 0 aromatic heterocycles. The van der Waals surface area contributed by atoms with E-state index in [1.807, 2.05) is 115 Å². The number of rotatable bonds is 13. The molecule has 1 fully saturated rings. The molecule has 47 heavy (non-hydrogen) atoms. The van der Waals surface area contributed by atoms with Crippen LogP contribution in [-0.2, 0) is 42.5 Å². The van der Waals surface area contributed by atoms with Crippen LogP contribution in [0.5, 0.6) is 0 Å². The van der Waals surface area contributed by atoms with Crippen molar-refractivity contribution in [1.82, 2.24) is 0 Å². The van der Waals surface area contributed by atoms with Gasteiger partial charge in [0.2, 0.25) is 0 Å². The fraction of sp³-hybridized carbons (Fsp3) is 0.268. The first-order chi connectivity index (χ1) is 23.0. The number of methoxy groups -OCH3 is 1. The van der Waals surface area contributed by atoms with E-state index in [-0.39, 0.29) is 13.2 Å². The van der Waals surface area contributed by atoms with Gasteiger partial charge in [0, 0.05) is 7.11 Å². The summed E-state index contributed by atoms with van der Waals surface area (Å²) in [6, 6.07) is 50.2. The van der Waals surface area contributed by atoms with Crippen LogP contribution in [0, 0.1) is 0 Å². The molecule has 0 unspecified atom stereocenters. The van der Waals surface area contributed by atoms with Gasteiger partial charge in [0.1, 0.15) is 29.5 Å². The lowest BCUT2D eigenvalue weighted by Crippen LogP contribution is -2.67. The minimum atomic E-state index is -1.53. The summed E-state index contributed by atoms with van der Waals surface area (Å²) in [7, 11) is 1.58. The lowest BCUT2D eigenvalue weighted by atomic mass is 9.79. The molecule has 6 nitrogen and oxygen atoms in total. The Hall–Kier alpha value is -4.14. The summed E-state index contributed by atoms with van der Waals surface area (Å²) in [4.78, 5) is 0. The van der Waals surface area contributed by atoms with Crippen molar-refractivity contribution >= 4 is 0 Å². The van der Waals surface area contributed by atoms with Crippen LogP contribution in [0.25, 0.3) is 0 Å².